The Morgan fingerprint density at radius 2 is 1.91 bits per heavy atom. The number of hydrogen-bond donors (Lipinski definition) is 0. The quantitative estimate of drug-likeness (QED) is 0.679. The Labute approximate surface area is 149 Å². The lowest BCUT2D eigenvalue weighted by Crippen LogP contribution is -2.38. The molecule has 0 aromatic heterocycles. The molecule has 1 aromatic carbocycles. The molecule has 2 bridgehead atoms. The first kappa shape index (κ1) is 16.7. The third-order valence-corrected chi connectivity index (χ3v) is 7.35. The molecule has 0 spiro atoms. The van der Waals surface area contributed by atoms with Crippen molar-refractivity contribution < 1.29 is 8.42 Å². The Morgan fingerprint density at radius 3 is 2.50 bits per heavy atom. The molecule has 0 saturated carbocycles. The molecular formula is C16H19Br2NO2S. The molecule has 22 heavy (non-hydrogen) atoms. The van der Waals surface area contributed by atoms with Crippen LogP contribution in [0.3, 0.4) is 0 Å². The molecule has 0 radical (unpaired) electrons. The van der Waals surface area contributed by atoms with Crippen molar-refractivity contribution in [3.05, 3.63) is 39.3 Å². The molecule has 6 heteroatoms. The van der Waals surface area contributed by atoms with Crippen molar-refractivity contribution in [3.63, 3.8) is 0 Å². The Bertz CT molecular complexity index is 710. The Kier molecular flexibility index (Phi) is 4.34. The van der Waals surface area contributed by atoms with Crippen LogP contribution in [0, 0.1) is 12.3 Å². The number of nitrogens with zero attached hydrogens (tertiary/aromatic N) is 1. The van der Waals surface area contributed by atoms with E-state index in [0.717, 1.165) is 28.2 Å². The normalized spacial score (nSPS) is 31.5. The lowest BCUT2D eigenvalue weighted by molar-refractivity contribution is 0.297. The third kappa shape index (κ3) is 2.72. The molecule has 2 aliphatic heterocycles. The molecule has 0 N–H and O–H groups in total. The van der Waals surface area contributed by atoms with Crippen molar-refractivity contribution in [2.75, 3.05) is 0 Å². The van der Waals surface area contributed by atoms with Crippen LogP contribution in [0.2, 0.25) is 0 Å². The van der Waals surface area contributed by atoms with Crippen LogP contribution >= 0.6 is 31.9 Å². The van der Waals surface area contributed by atoms with Gasteiger partial charge >= 0.3 is 0 Å². The van der Waals surface area contributed by atoms with Gasteiger partial charge in [-0.25, -0.2) is 8.42 Å². The largest absolute Gasteiger partial charge is 0.243 e. The van der Waals surface area contributed by atoms with Gasteiger partial charge in [0.1, 0.15) is 0 Å². The van der Waals surface area contributed by atoms with E-state index in [1.165, 1.54) is 0 Å². The van der Waals surface area contributed by atoms with Crippen LogP contribution in [-0.4, -0.2) is 24.8 Å². The Hall–Kier alpha value is -0.170. The molecule has 3 rings (SSSR count). The van der Waals surface area contributed by atoms with Gasteiger partial charge < -0.3 is 0 Å². The first-order chi connectivity index (χ1) is 10.2. The summed E-state index contributed by atoms with van der Waals surface area (Å²) in [4.78, 5) is 0.404. The predicted octanol–water partition coefficient (Wildman–Crippen LogP) is 4.56. The van der Waals surface area contributed by atoms with Gasteiger partial charge in [-0.1, -0.05) is 30.7 Å². The van der Waals surface area contributed by atoms with Gasteiger partial charge in [0.15, 0.2) is 0 Å². The second-order valence-corrected chi connectivity index (χ2v) is 11.2. The lowest BCUT2D eigenvalue weighted by atomic mass is 9.76. The van der Waals surface area contributed by atoms with Crippen LogP contribution in [0.15, 0.2) is 38.6 Å². The monoisotopic (exact) mass is 447 g/mol. The van der Waals surface area contributed by atoms with E-state index in [9.17, 15) is 8.42 Å². The van der Waals surface area contributed by atoms with Crippen LogP contribution in [0.4, 0.5) is 0 Å². The minimum absolute atomic E-state index is 0.0360. The van der Waals surface area contributed by atoms with E-state index in [0.29, 0.717) is 4.90 Å². The molecule has 2 aliphatic rings. The number of benzene rings is 1. The van der Waals surface area contributed by atoms with Gasteiger partial charge in [0.05, 0.1) is 8.29 Å². The average Bonchev–Trinajstić information content (AvgIpc) is 2.93. The van der Waals surface area contributed by atoms with E-state index < -0.39 is 10.0 Å². The van der Waals surface area contributed by atoms with Gasteiger partial charge in [-0.3, -0.25) is 0 Å². The van der Waals surface area contributed by atoms with E-state index in [1.807, 2.05) is 19.1 Å². The number of sulfonamides is 1. The standard InChI is InChI=1S/C16H19Br2NO2S/c1-11-3-6-13(7-4-11)22(20,21)19-12-5-8-14(19)16(2,9-12)10-15(17)18/h3-4,6-7,10,12,14H,5,8-9H2,1-2H3/t12-,14+,16+/m0/s1. The lowest BCUT2D eigenvalue weighted by Gasteiger charge is -2.31. The molecule has 120 valence electrons. The summed E-state index contributed by atoms with van der Waals surface area (Å²) in [6.07, 6.45) is 4.87. The second-order valence-electron chi connectivity index (χ2n) is 6.54. The maximum absolute atomic E-state index is 13.1. The first-order valence-electron chi connectivity index (χ1n) is 7.38. The van der Waals surface area contributed by atoms with Gasteiger partial charge in [-0.2, -0.15) is 4.31 Å². The Balaban J connectivity index is 1.99. The summed E-state index contributed by atoms with van der Waals surface area (Å²) in [7, 11) is -3.42. The molecule has 1 aromatic rings. The highest BCUT2D eigenvalue weighted by molar-refractivity contribution is 9.28. The highest BCUT2D eigenvalue weighted by Crippen LogP contribution is 2.53. The summed E-state index contributed by atoms with van der Waals surface area (Å²) in [5, 5.41) is 0. The summed E-state index contributed by atoms with van der Waals surface area (Å²) in [6, 6.07) is 7.30. The van der Waals surface area contributed by atoms with E-state index in [1.54, 1.807) is 16.4 Å². The van der Waals surface area contributed by atoms with Crippen LogP contribution in [0.1, 0.15) is 31.7 Å². The van der Waals surface area contributed by atoms with Gasteiger partial charge in [0, 0.05) is 17.5 Å². The second kappa shape index (κ2) is 5.72. The highest BCUT2D eigenvalue weighted by Gasteiger charge is 2.56. The van der Waals surface area contributed by atoms with E-state index >= 15 is 0 Å². The zero-order valence-electron chi connectivity index (χ0n) is 12.6. The minimum atomic E-state index is -3.42. The summed E-state index contributed by atoms with van der Waals surface area (Å²) in [5.74, 6) is 0. The molecule has 0 aliphatic carbocycles. The van der Waals surface area contributed by atoms with Crippen LogP contribution in [-0.2, 0) is 10.0 Å². The fourth-order valence-corrected chi connectivity index (χ4v) is 6.94. The van der Waals surface area contributed by atoms with Crippen LogP contribution in [0.5, 0.6) is 0 Å². The average molecular weight is 449 g/mol. The van der Waals surface area contributed by atoms with Crippen LogP contribution in [0.25, 0.3) is 0 Å². The fraction of sp³-hybridized carbons (Fsp3) is 0.500. The third-order valence-electron chi connectivity index (χ3n) is 4.91. The fourth-order valence-electron chi connectivity index (χ4n) is 3.92. The molecule has 2 heterocycles. The van der Waals surface area contributed by atoms with Crippen LogP contribution < -0.4 is 0 Å². The van der Waals surface area contributed by atoms with Crippen molar-refractivity contribution in [3.8, 4) is 0 Å². The smallest absolute Gasteiger partial charge is 0.207 e. The van der Waals surface area contributed by atoms with Crippen molar-refractivity contribution >= 4 is 41.9 Å². The molecule has 2 saturated heterocycles. The number of rotatable bonds is 3. The van der Waals surface area contributed by atoms with Gasteiger partial charge in [0.2, 0.25) is 10.0 Å². The minimum Gasteiger partial charge on any atom is -0.207 e. The molecular weight excluding hydrogens is 430 g/mol. The van der Waals surface area contributed by atoms with Crippen molar-refractivity contribution in [2.24, 2.45) is 5.41 Å². The predicted molar refractivity (Wildman–Crippen MR) is 95.7 cm³/mol. The number of fused-ring (bicyclic) bond motifs is 2. The maximum Gasteiger partial charge on any atom is 0.243 e. The van der Waals surface area contributed by atoms with Crippen molar-refractivity contribution in [1.29, 1.82) is 0 Å². The molecule has 3 atom stereocenters. The topological polar surface area (TPSA) is 37.4 Å². The van der Waals surface area contributed by atoms with Crippen molar-refractivity contribution in [1.82, 2.24) is 4.31 Å². The molecule has 3 nitrogen and oxygen atoms in total. The SMILES string of the molecule is Cc1ccc(S(=O)(=O)N2[C@H]3CC[C@@H]2[C@@](C)(C=C(Br)Br)C3)cc1. The van der Waals surface area contributed by atoms with E-state index in [4.69, 9.17) is 0 Å². The van der Waals surface area contributed by atoms with Gasteiger partial charge in [-0.05, 0) is 70.2 Å². The number of halogens is 2. The summed E-state index contributed by atoms with van der Waals surface area (Å²) >= 11 is 6.85. The number of hydrogen-bond acceptors (Lipinski definition) is 2. The van der Waals surface area contributed by atoms with E-state index in [-0.39, 0.29) is 17.5 Å². The van der Waals surface area contributed by atoms with Crippen molar-refractivity contribution in [2.45, 2.75) is 50.1 Å². The molecule has 0 amide bonds. The highest BCUT2D eigenvalue weighted by atomic mass is 79.9. The summed E-state index contributed by atoms with van der Waals surface area (Å²) in [5.41, 5.74) is 0.947. The maximum atomic E-state index is 13.1. The summed E-state index contributed by atoms with van der Waals surface area (Å²) < 4.78 is 28.8. The van der Waals surface area contributed by atoms with Gasteiger partial charge in [-0.15, -0.1) is 0 Å². The molecule has 2 fully saturated rings. The Morgan fingerprint density at radius 1 is 1.27 bits per heavy atom. The number of aryl methyl sites for hydroxylation is 1. The van der Waals surface area contributed by atoms with Gasteiger partial charge in [0.25, 0.3) is 0 Å². The zero-order chi connectivity index (χ0) is 16.1. The van der Waals surface area contributed by atoms with E-state index in [2.05, 4.69) is 44.9 Å². The molecule has 0 unspecified atom stereocenters. The zero-order valence-corrected chi connectivity index (χ0v) is 16.6. The first-order valence-corrected chi connectivity index (χ1v) is 10.4. The summed E-state index contributed by atoms with van der Waals surface area (Å²) in [6.45, 7) is 4.11.